The third-order valence-electron chi connectivity index (χ3n) is 5.54. The highest BCUT2D eigenvalue weighted by Gasteiger charge is 2.15. The Morgan fingerprint density at radius 2 is 1.45 bits per heavy atom. The number of pyridine rings is 2. The van der Waals surface area contributed by atoms with Crippen LogP contribution in [-0.2, 0) is 6.54 Å². The van der Waals surface area contributed by atoms with Crippen molar-refractivity contribution >= 4 is 28.4 Å². The highest BCUT2D eigenvalue weighted by molar-refractivity contribution is 5.85. The van der Waals surface area contributed by atoms with Gasteiger partial charge in [0, 0.05) is 24.0 Å². The van der Waals surface area contributed by atoms with Crippen molar-refractivity contribution in [3.8, 4) is 5.69 Å². The Labute approximate surface area is 192 Å². The molecule has 33 heavy (non-hydrogen) atoms. The van der Waals surface area contributed by atoms with Crippen molar-refractivity contribution in [2.45, 2.75) is 13.5 Å². The van der Waals surface area contributed by atoms with E-state index in [2.05, 4.69) is 22.8 Å². The Balaban J connectivity index is 1.67. The van der Waals surface area contributed by atoms with E-state index in [9.17, 15) is 4.79 Å². The SMILES string of the molecule is Cc1cc(NCc2ccccc2)nc2c1c(=O)cc(Nc1ccccc1)n2-c1ccccc1. The first-order valence-electron chi connectivity index (χ1n) is 10.9. The third-order valence-corrected chi connectivity index (χ3v) is 5.54. The average Bonchev–Trinajstić information content (AvgIpc) is 2.84. The molecule has 2 N–H and O–H groups in total. The van der Waals surface area contributed by atoms with E-state index in [-0.39, 0.29) is 5.43 Å². The van der Waals surface area contributed by atoms with Gasteiger partial charge in [0.05, 0.1) is 5.39 Å². The summed E-state index contributed by atoms with van der Waals surface area (Å²) >= 11 is 0. The number of nitrogens with one attached hydrogen (secondary N) is 2. The molecule has 5 aromatic rings. The summed E-state index contributed by atoms with van der Waals surface area (Å²) in [5.41, 5.74) is 4.43. The van der Waals surface area contributed by atoms with Crippen LogP contribution in [0.1, 0.15) is 11.1 Å². The van der Waals surface area contributed by atoms with E-state index in [1.807, 2.05) is 96.4 Å². The van der Waals surface area contributed by atoms with Crippen molar-refractivity contribution in [2.75, 3.05) is 10.6 Å². The van der Waals surface area contributed by atoms with E-state index in [4.69, 9.17) is 4.98 Å². The molecule has 0 saturated heterocycles. The van der Waals surface area contributed by atoms with Gasteiger partial charge in [-0.1, -0.05) is 66.7 Å². The fourth-order valence-electron chi connectivity index (χ4n) is 3.98. The predicted molar refractivity (Wildman–Crippen MR) is 136 cm³/mol. The summed E-state index contributed by atoms with van der Waals surface area (Å²) in [7, 11) is 0. The molecule has 0 radical (unpaired) electrons. The molecule has 162 valence electrons. The molecule has 0 atom stereocenters. The third kappa shape index (κ3) is 4.34. The van der Waals surface area contributed by atoms with Gasteiger partial charge < -0.3 is 10.6 Å². The Bertz CT molecular complexity index is 1450. The molecule has 0 spiro atoms. The van der Waals surface area contributed by atoms with Gasteiger partial charge in [-0.3, -0.25) is 9.36 Å². The van der Waals surface area contributed by atoms with Gasteiger partial charge in [-0.15, -0.1) is 0 Å². The molecule has 2 aromatic heterocycles. The lowest BCUT2D eigenvalue weighted by Crippen LogP contribution is -2.15. The summed E-state index contributed by atoms with van der Waals surface area (Å²) < 4.78 is 2.00. The highest BCUT2D eigenvalue weighted by atomic mass is 16.1. The van der Waals surface area contributed by atoms with Crippen LogP contribution in [0.5, 0.6) is 0 Å². The van der Waals surface area contributed by atoms with E-state index in [0.717, 1.165) is 28.3 Å². The molecule has 0 amide bonds. The first-order valence-corrected chi connectivity index (χ1v) is 10.9. The van der Waals surface area contributed by atoms with Gasteiger partial charge in [-0.25, -0.2) is 4.98 Å². The zero-order valence-corrected chi connectivity index (χ0v) is 18.3. The molecule has 0 aliphatic heterocycles. The van der Waals surface area contributed by atoms with Crippen LogP contribution in [0.4, 0.5) is 17.3 Å². The highest BCUT2D eigenvalue weighted by Crippen LogP contribution is 2.27. The van der Waals surface area contributed by atoms with Gasteiger partial charge in [0.2, 0.25) is 0 Å². The molecular weight excluding hydrogens is 408 g/mol. The number of rotatable bonds is 6. The van der Waals surface area contributed by atoms with E-state index in [0.29, 0.717) is 23.4 Å². The molecule has 5 nitrogen and oxygen atoms in total. The summed E-state index contributed by atoms with van der Waals surface area (Å²) in [4.78, 5) is 18.1. The minimum Gasteiger partial charge on any atom is -0.366 e. The number of aromatic nitrogens is 2. The summed E-state index contributed by atoms with van der Waals surface area (Å²) in [5, 5.41) is 7.43. The standard InChI is InChI=1S/C28H24N4O/c1-20-17-25(29-19-21-11-5-2-6-12-21)31-28-27(20)24(33)18-26(30-22-13-7-3-8-14-22)32(28)23-15-9-4-10-16-23/h2-18,30H,19H2,1H3,(H,29,31). The number of hydrogen-bond acceptors (Lipinski definition) is 4. The maximum absolute atomic E-state index is 13.2. The first kappa shape index (κ1) is 20.5. The quantitative estimate of drug-likeness (QED) is 0.343. The van der Waals surface area contributed by atoms with Crippen molar-refractivity contribution in [3.63, 3.8) is 0 Å². The smallest absolute Gasteiger partial charge is 0.193 e. The Kier molecular flexibility index (Phi) is 5.60. The number of anilines is 3. The number of benzene rings is 3. The molecular formula is C28H24N4O. The fraction of sp³-hybridized carbons (Fsp3) is 0.0714. The van der Waals surface area contributed by atoms with Crippen molar-refractivity contribution in [2.24, 2.45) is 0 Å². The van der Waals surface area contributed by atoms with E-state index in [1.54, 1.807) is 6.07 Å². The molecule has 0 bridgehead atoms. The second kappa shape index (κ2) is 9.01. The lowest BCUT2D eigenvalue weighted by molar-refractivity contribution is 1.05. The number of hydrogen-bond donors (Lipinski definition) is 2. The summed E-state index contributed by atoms with van der Waals surface area (Å²) in [6.45, 7) is 2.61. The molecule has 0 aliphatic rings. The van der Waals surface area contributed by atoms with Crippen molar-refractivity contribution < 1.29 is 0 Å². The normalized spacial score (nSPS) is 10.8. The molecule has 5 heteroatoms. The number of nitrogens with zero attached hydrogens (tertiary/aromatic N) is 2. The van der Waals surface area contributed by atoms with Crippen LogP contribution >= 0.6 is 0 Å². The monoisotopic (exact) mass is 432 g/mol. The molecule has 2 heterocycles. The maximum Gasteiger partial charge on any atom is 0.193 e. The molecule has 0 aliphatic carbocycles. The van der Waals surface area contributed by atoms with Crippen LogP contribution in [-0.4, -0.2) is 9.55 Å². The summed E-state index contributed by atoms with van der Waals surface area (Å²) in [6.07, 6.45) is 0. The van der Waals surface area contributed by atoms with Crippen molar-refractivity contribution in [1.29, 1.82) is 0 Å². The molecule has 0 saturated carbocycles. The minimum atomic E-state index is -0.0600. The fourth-order valence-corrected chi connectivity index (χ4v) is 3.98. The second-order valence-corrected chi connectivity index (χ2v) is 7.92. The number of aryl methyl sites for hydroxylation is 1. The lowest BCUT2D eigenvalue weighted by Gasteiger charge is -2.19. The van der Waals surface area contributed by atoms with Crippen molar-refractivity contribution in [3.05, 3.63) is 124 Å². The van der Waals surface area contributed by atoms with Gasteiger partial charge in [-0.2, -0.15) is 0 Å². The van der Waals surface area contributed by atoms with Gasteiger partial charge in [0.25, 0.3) is 0 Å². The Morgan fingerprint density at radius 1 is 0.818 bits per heavy atom. The van der Waals surface area contributed by atoms with Gasteiger partial charge >= 0.3 is 0 Å². The first-order chi connectivity index (χ1) is 16.2. The Morgan fingerprint density at radius 3 is 2.15 bits per heavy atom. The van der Waals surface area contributed by atoms with Crippen LogP contribution in [0.15, 0.2) is 108 Å². The van der Waals surface area contributed by atoms with E-state index in [1.165, 1.54) is 0 Å². The largest absolute Gasteiger partial charge is 0.366 e. The predicted octanol–water partition coefficient (Wildman–Crippen LogP) is 6.05. The minimum absolute atomic E-state index is 0.0600. The van der Waals surface area contributed by atoms with Crippen LogP contribution < -0.4 is 16.1 Å². The number of para-hydroxylation sites is 2. The van der Waals surface area contributed by atoms with Crippen LogP contribution in [0.2, 0.25) is 0 Å². The zero-order chi connectivity index (χ0) is 22.6. The second-order valence-electron chi connectivity index (χ2n) is 7.92. The summed E-state index contributed by atoms with van der Waals surface area (Å²) in [5.74, 6) is 1.39. The van der Waals surface area contributed by atoms with Gasteiger partial charge in [-0.05, 0) is 48.4 Å². The zero-order valence-electron chi connectivity index (χ0n) is 18.3. The molecule has 3 aromatic carbocycles. The topological polar surface area (TPSA) is 59.0 Å². The van der Waals surface area contributed by atoms with E-state index >= 15 is 0 Å². The van der Waals surface area contributed by atoms with Crippen LogP contribution in [0, 0.1) is 6.92 Å². The van der Waals surface area contributed by atoms with E-state index < -0.39 is 0 Å². The molecule has 5 rings (SSSR count). The molecule has 0 fully saturated rings. The van der Waals surface area contributed by atoms with Gasteiger partial charge in [0.1, 0.15) is 11.6 Å². The van der Waals surface area contributed by atoms with Crippen molar-refractivity contribution in [1.82, 2.24) is 9.55 Å². The number of fused-ring (bicyclic) bond motifs is 1. The molecule has 0 unspecified atom stereocenters. The lowest BCUT2D eigenvalue weighted by atomic mass is 10.1. The van der Waals surface area contributed by atoms with Crippen LogP contribution in [0.25, 0.3) is 16.7 Å². The average molecular weight is 433 g/mol. The summed E-state index contributed by atoms with van der Waals surface area (Å²) in [6, 6.07) is 33.6. The van der Waals surface area contributed by atoms with Gasteiger partial charge in [0.15, 0.2) is 11.1 Å². The van der Waals surface area contributed by atoms with Crippen LogP contribution in [0.3, 0.4) is 0 Å². The Hall–Kier alpha value is -4.38. The maximum atomic E-state index is 13.2.